The minimum absolute atomic E-state index is 0.193. The first-order valence-electron chi connectivity index (χ1n) is 9.54. The molecule has 0 saturated carbocycles. The van der Waals surface area contributed by atoms with Crippen LogP contribution in [0.3, 0.4) is 0 Å². The Labute approximate surface area is 164 Å². The first-order valence-corrected chi connectivity index (χ1v) is 9.54. The molecular formula is C22H24N4O2. The van der Waals surface area contributed by atoms with E-state index >= 15 is 0 Å². The van der Waals surface area contributed by atoms with Crippen molar-refractivity contribution >= 4 is 11.6 Å². The molecule has 1 aromatic heterocycles. The van der Waals surface area contributed by atoms with Gasteiger partial charge in [-0.1, -0.05) is 18.2 Å². The minimum atomic E-state index is -0.193. The SMILES string of the molecule is COc1ccc(-c2cc(C(=O)Nc3ccccc3CN3CCCC3)[nH]n2)cc1. The van der Waals surface area contributed by atoms with Crippen molar-refractivity contribution in [1.29, 1.82) is 0 Å². The third kappa shape index (κ3) is 4.07. The number of para-hydroxylation sites is 1. The average molecular weight is 376 g/mol. The summed E-state index contributed by atoms with van der Waals surface area (Å²) in [5, 5.41) is 10.1. The maximum atomic E-state index is 12.7. The van der Waals surface area contributed by atoms with Crippen molar-refractivity contribution < 1.29 is 9.53 Å². The summed E-state index contributed by atoms with van der Waals surface area (Å²) in [7, 11) is 1.63. The van der Waals surface area contributed by atoms with E-state index in [4.69, 9.17) is 4.74 Å². The molecule has 0 atom stereocenters. The fraction of sp³-hybridized carbons (Fsp3) is 0.273. The summed E-state index contributed by atoms with van der Waals surface area (Å²) in [6, 6.07) is 17.3. The second-order valence-corrected chi connectivity index (χ2v) is 6.99. The predicted molar refractivity (Wildman–Crippen MR) is 109 cm³/mol. The standard InChI is InChI=1S/C22H24N4O2/c1-28-18-10-8-16(9-11-18)20-14-21(25-24-20)22(27)23-19-7-3-2-6-17(19)15-26-12-4-5-13-26/h2-3,6-11,14H,4-5,12-13,15H2,1H3,(H,23,27)(H,24,25). The second kappa shape index (κ2) is 8.27. The highest BCUT2D eigenvalue weighted by atomic mass is 16.5. The van der Waals surface area contributed by atoms with Crippen molar-refractivity contribution in [1.82, 2.24) is 15.1 Å². The maximum Gasteiger partial charge on any atom is 0.273 e. The topological polar surface area (TPSA) is 70.2 Å². The molecule has 0 spiro atoms. The van der Waals surface area contributed by atoms with E-state index in [1.165, 1.54) is 12.8 Å². The van der Waals surface area contributed by atoms with E-state index in [1.807, 2.05) is 42.5 Å². The quantitative estimate of drug-likeness (QED) is 0.684. The fourth-order valence-electron chi connectivity index (χ4n) is 3.50. The lowest BCUT2D eigenvalue weighted by Crippen LogP contribution is -2.20. The van der Waals surface area contributed by atoms with Crippen LogP contribution in [0.5, 0.6) is 5.75 Å². The van der Waals surface area contributed by atoms with E-state index in [9.17, 15) is 4.79 Å². The molecule has 6 heteroatoms. The molecule has 3 aromatic rings. The van der Waals surface area contributed by atoms with E-state index in [2.05, 4.69) is 26.5 Å². The molecule has 1 aliphatic heterocycles. The van der Waals surface area contributed by atoms with Crippen LogP contribution in [0.4, 0.5) is 5.69 Å². The number of H-pyrrole nitrogens is 1. The highest BCUT2D eigenvalue weighted by Gasteiger charge is 2.16. The molecular weight excluding hydrogens is 352 g/mol. The Kier molecular flexibility index (Phi) is 5.39. The molecule has 28 heavy (non-hydrogen) atoms. The Balaban J connectivity index is 1.47. The zero-order valence-corrected chi connectivity index (χ0v) is 15.9. The van der Waals surface area contributed by atoms with Crippen molar-refractivity contribution in [2.24, 2.45) is 0 Å². The molecule has 0 radical (unpaired) electrons. The Morgan fingerprint density at radius 3 is 2.64 bits per heavy atom. The lowest BCUT2D eigenvalue weighted by molar-refractivity contribution is 0.102. The van der Waals surface area contributed by atoms with Crippen LogP contribution in [0, 0.1) is 0 Å². The first kappa shape index (κ1) is 18.3. The number of anilines is 1. The van der Waals surface area contributed by atoms with Crippen LogP contribution in [0.25, 0.3) is 11.3 Å². The van der Waals surface area contributed by atoms with Gasteiger partial charge in [0.2, 0.25) is 0 Å². The number of benzene rings is 2. The summed E-state index contributed by atoms with van der Waals surface area (Å²) < 4.78 is 5.18. The number of carbonyl (C=O) groups is 1. The molecule has 1 saturated heterocycles. The van der Waals surface area contributed by atoms with Crippen molar-refractivity contribution in [3.63, 3.8) is 0 Å². The molecule has 0 unspecified atom stereocenters. The molecule has 2 heterocycles. The molecule has 6 nitrogen and oxygen atoms in total. The molecule has 0 aliphatic carbocycles. The zero-order chi connectivity index (χ0) is 19.3. The number of nitrogens with one attached hydrogen (secondary N) is 2. The Morgan fingerprint density at radius 1 is 1.14 bits per heavy atom. The van der Waals surface area contributed by atoms with Gasteiger partial charge in [0, 0.05) is 17.8 Å². The van der Waals surface area contributed by atoms with Crippen LogP contribution in [0.15, 0.2) is 54.6 Å². The second-order valence-electron chi connectivity index (χ2n) is 6.99. The highest BCUT2D eigenvalue weighted by molar-refractivity contribution is 6.03. The van der Waals surface area contributed by atoms with E-state index in [0.29, 0.717) is 5.69 Å². The minimum Gasteiger partial charge on any atom is -0.497 e. The van der Waals surface area contributed by atoms with Crippen LogP contribution in [0.2, 0.25) is 0 Å². The monoisotopic (exact) mass is 376 g/mol. The fourth-order valence-corrected chi connectivity index (χ4v) is 3.50. The smallest absolute Gasteiger partial charge is 0.273 e. The number of hydrogen-bond acceptors (Lipinski definition) is 4. The van der Waals surface area contributed by atoms with Crippen LogP contribution in [-0.4, -0.2) is 41.2 Å². The molecule has 2 aromatic carbocycles. The van der Waals surface area contributed by atoms with Crippen molar-refractivity contribution in [2.75, 3.05) is 25.5 Å². The average Bonchev–Trinajstić information content (AvgIpc) is 3.42. The third-order valence-electron chi connectivity index (χ3n) is 5.07. The van der Waals surface area contributed by atoms with Crippen molar-refractivity contribution in [3.05, 3.63) is 65.9 Å². The number of hydrogen-bond donors (Lipinski definition) is 2. The van der Waals surface area contributed by atoms with E-state index in [-0.39, 0.29) is 5.91 Å². The van der Waals surface area contributed by atoms with Gasteiger partial charge < -0.3 is 10.1 Å². The number of aromatic nitrogens is 2. The number of amides is 1. The third-order valence-corrected chi connectivity index (χ3v) is 5.07. The molecule has 4 rings (SSSR count). The van der Waals surface area contributed by atoms with Crippen LogP contribution < -0.4 is 10.1 Å². The number of carbonyl (C=O) groups excluding carboxylic acids is 1. The molecule has 0 bridgehead atoms. The number of ether oxygens (including phenoxy) is 1. The van der Waals surface area contributed by atoms with Gasteiger partial charge in [0.1, 0.15) is 11.4 Å². The largest absolute Gasteiger partial charge is 0.497 e. The summed E-state index contributed by atoms with van der Waals surface area (Å²) in [6.07, 6.45) is 2.49. The highest BCUT2D eigenvalue weighted by Crippen LogP contribution is 2.23. The Morgan fingerprint density at radius 2 is 1.89 bits per heavy atom. The van der Waals surface area contributed by atoms with Gasteiger partial charge in [0.25, 0.3) is 5.91 Å². The predicted octanol–water partition coefficient (Wildman–Crippen LogP) is 3.93. The van der Waals surface area contributed by atoms with Gasteiger partial charge in [-0.25, -0.2) is 0 Å². The number of aromatic amines is 1. The number of methoxy groups -OCH3 is 1. The van der Waals surface area contributed by atoms with E-state index < -0.39 is 0 Å². The van der Waals surface area contributed by atoms with Crippen LogP contribution >= 0.6 is 0 Å². The maximum absolute atomic E-state index is 12.7. The van der Waals surface area contributed by atoms with Gasteiger partial charge in [-0.3, -0.25) is 14.8 Å². The summed E-state index contributed by atoms with van der Waals surface area (Å²) >= 11 is 0. The lowest BCUT2D eigenvalue weighted by Gasteiger charge is -2.17. The molecule has 1 aliphatic rings. The van der Waals surface area contributed by atoms with E-state index in [0.717, 1.165) is 47.9 Å². The number of nitrogens with zero attached hydrogens (tertiary/aromatic N) is 2. The summed E-state index contributed by atoms with van der Waals surface area (Å²) in [6.45, 7) is 3.10. The van der Waals surface area contributed by atoms with Gasteiger partial charge in [-0.2, -0.15) is 5.10 Å². The summed E-state index contributed by atoms with van der Waals surface area (Å²) in [4.78, 5) is 15.2. The summed E-state index contributed by atoms with van der Waals surface area (Å²) in [5.74, 6) is 0.591. The zero-order valence-electron chi connectivity index (χ0n) is 15.9. The molecule has 1 amide bonds. The molecule has 2 N–H and O–H groups in total. The molecule has 1 fully saturated rings. The summed E-state index contributed by atoms with van der Waals surface area (Å²) in [5.41, 5.74) is 4.05. The lowest BCUT2D eigenvalue weighted by atomic mass is 10.1. The van der Waals surface area contributed by atoms with Gasteiger partial charge in [0.15, 0.2) is 0 Å². The van der Waals surface area contributed by atoms with Gasteiger partial charge in [0.05, 0.1) is 12.8 Å². The number of likely N-dealkylation sites (tertiary alicyclic amines) is 1. The van der Waals surface area contributed by atoms with E-state index in [1.54, 1.807) is 13.2 Å². The van der Waals surface area contributed by atoms with Gasteiger partial charge in [-0.15, -0.1) is 0 Å². The first-order chi connectivity index (χ1) is 13.7. The van der Waals surface area contributed by atoms with Gasteiger partial charge >= 0.3 is 0 Å². The van der Waals surface area contributed by atoms with Crippen LogP contribution in [0.1, 0.15) is 28.9 Å². The van der Waals surface area contributed by atoms with Crippen molar-refractivity contribution in [3.8, 4) is 17.0 Å². The number of rotatable bonds is 6. The normalized spacial score (nSPS) is 14.2. The molecule has 144 valence electrons. The Bertz CT molecular complexity index is 943. The Hall–Kier alpha value is -3.12. The van der Waals surface area contributed by atoms with Crippen molar-refractivity contribution in [2.45, 2.75) is 19.4 Å². The van der Waals surface area contributed by atoms with Gasteiger partial charge in [-0.05, 0) is 67.9 Å². The van der Waals surface area contributed by atoms with Crippen LogP contribution in [-0.2, 0) is 6.54 Å².